The van der Waals surface area contributed by atoms with Gasteiger partial charge in [0.1, 0.15) is 0 Å². The second-order valence-corrected chi connectivity index (χ2v) is 11.5. The Morgan fingerprint density at radius 2 is 1.82 bits per heavy atom. The topological polar surface area (TPSA) is 120 Å². The van der Waals surface area contributed by atoms with E-state index in [4.69, 9.17) is 19.4 Å². The summed E-state index contributed by atoms with van der Waals surface area (Å²) >= 11 is 0. The van der Waals surface area contributed by atoms with Crippen molar-refractivity contribution in [2.45, 2.75) is 24.5 Å². The number of carbonyl (C=O) groups excluding carboxylic acids is 1. The zero-order valence-corrected chi connectivity index (χ0v) is 21.9. The molecule has 9 nitrogen and oxygen atoms in total. The standard InChI is InChI=1S/C29H26N4O5S/c34-29(20-4-5-22-18-38-12-13-39(35,36)28(22)14-20)31-17-23-15-27-21(16-30-23)6-7-26(33-27)25-3-1-2-24(32-25)19-8-10-37-11-9-19/h1-8,14-16H,9-13,17-18H2,(H,31,34). The van der Waals surface area contributed by atoms with Crippen LogP contribution in [-0.2, 0) is 32.5 Å². The van der Waals surface area contributed by atoms with E-state index in [1.807, 2.05) is 36.4 Å². The number of carbonyl (C=O) groups is 1. The number of rotatable bonds is 5. The van der Waals surface area contributed by atoms with Crippen LogP contribution in [0.25, 0.3) is 27.9 Å². The summed E-state index contributed by atoms with van der Waals surface area (Å²) in [4.78, 5) is 27.1. The number of sulfone groups is 1. The number of benzene rings is 1. The third-order valence-corrected chi connectivity index (χ3v) is 8.54. The zero-order valence-electron chi connectivity index (χ0n) is 21.1. The molecule has 0 atom stereocenters. The van der Waals surface area contributed by atoms with Crippen LogP contribution in [0.15, 0.2) is 71.8 Å². The molecular formula is C29H26N4O5S. The minimum absolute atomic E-state index is 0.103. The average Bonchev–Trinajstić information content (AvgIpc) is 3.13. The lowest BCUT2D eigenvalue weighted by Crippen LogP contribution is -2.23. The van der Waals surface area contributed by atoms with Gasteiger partial charge in [-0.05, 0) is 60.0 Å². The first-order chi connectivity index (χ1) is 19.0. The predicted octanol–water partition coefficient (Wildman–Crippen LogP) is 3.73. The van der Waals surface area contributed by atoms with Crippen LogP contribution >= 0.6 is 0 Å². The van der Waals surface area contributed by atoms with Crippen molar-refractivity contribution >= 4 is 32.2 Å². The molecule has 4 aromatic rings. The molecule has 0 saturated carbocycles. The normalized spacial score (nSPS) is 16.7. The van der Waals surface area contributed by atoms with Gasteiger partial charge < -0.3 is 14.8 Å². The van der Waals surface area contributed by atoms with E-state index in [9.17, 15) is 13.2 Å². The van der Waals surface area contributed by atoms with E-state index >= 15 is 0 Å². The van der Waals surface area contributed by atoms with Gasteiger partial charge in [0.2, 0.25) is 0 Å². The van der Waals surface area contributed by atoms with Crippen LogP contribution in [0.4, 0.5) is 0 Å². The van der Waals surface area contributed by atoms with Gasteiger partial charge in [0.15, 0.2) is 9.84 Å². The van der Waals surface area contributed by atoms with E-state index in [-0.39, 0.29) is 41.9 Å². The van der Waals surface area contributed by atoms with Crippen molar-refractivity contribution in [2.24, 2.45) is 0 Å². The van der Waals surface area contributed by atoms with Gasteiger partial charge in [-0.25, -0.2) is 18.4 Å². The van der Waals surface area contributed by atoms with E-state index in [1.54, 1.807) is 18.3 Å². The van der Waals surface area contributed by atoms with E-state index in [1.165, 1.54) is 11.6 Å². The molecule has 10 heteroatoms. The van der Waals surface area contributed by atoms with Crippen LogP contribution in [0.5, 0.6) is 0 Å². The van der Waals surface area contributed by atoms with Crippen LogP contribution in [0.3, 0.4) is 0 Å². The molecular weight excluding hydrogens is 516 g/mol. The third-order valence-electron chi connectivity index (χ3n) is 6.78. The highest BCUT2D eigenvalue weighted by molar-refractivity contribution is 7.91. The molecule has 0 spiro atoms. The van der Waals surface area contributed by atoms with Gasteiger partial charge in [-0.15, -0.1) is 0 Å². The molecule has 2 aliphatic heterocycles. The first-order valence-electron chi connectivity index (χ1n) is 12.7. The SMILES string of the molecule is O=C(NCc1cc2nc(-c3cccc(C4=CCOCC4)n3)ccc2cn1)c1ccc2c(c1)S(=O)(=O)CCOC2. The third kappa shape index (κ3) is 5.44. The molecule has 0 bridgehead atoms. The maximum atomic E-state index is 12.9. The summed E-state index contributed by atoms with van der Waals surface area (Å²) in [5.41, 5.74) is 5.81. The van der Waals surface area contributed by atoms with Crippen LogP contribution < -0.4 is 5.32 Å². The predicted molar refractivity (Wildman–Crippen MR) is 146 cm³/mol. The van der Waals surface area contributed by atoms with Crippen LogP contribution in [0, 0.1) is 0 Å². The van der Waals surface area contributed by atoms with Crippen LogP contribution in [0.2, 0.25) is 0 Å². The Morgan fingerprint density at radius 3 is 2.69 bits per heavy atom. The fourth-order valence-electron chi connectivity index (χ4n) is 4.65. The number of fused-ring (bicyclic) bond motifs is 2. The Hall–Kier alpha value is -3.99. The Bertz CT molecular complexity index is 1720. The van der Waals surface area contributed by atoms with Crippen LogP contribution in [-0.4, -0.2) is 54.9 Å². The second-order valence-electron chi connectivity index (χ2n) is 9.40. The second kappa shape index (κ2) is 10.6. The number of hydrogen-bond acceptors (Lipinski definition) is 8. The molecule has 0 saturated heterocycles. The quantitative estimate of drug-likeness (QED) is 0.405. The van der Waals surface area contributed by atoms with E-state index in [0.717, 1.165) is 34.4 Å². The van der Waals surface area contributed by atoms with Gasteiger partial charge >= 0.3 is 0 Å². The molecule has 5 heterocycles. The molecule has 2 aliphatic rings. The van der Waals surface area contributed by atoms with Gasteiger partial charge in [0, 0.05) is 17.1 Å². The largest absolute Gasteiger partial charge is 0.377 e. The number of amides is 1. The molecule has 6 rings (SSSR count). The zero-order chi connectivity index (χ0) is 26.8. The smallest absolute Gasteiger partial charge is 0.251 e. The maximum absolute atomic E-state index is 12.9. The fraction of sp³-hybridized carbons (Fsp3) is 0.241. The summed E-state index contributed by atoms with van der Waals surface area (Å²) in [7, 11) is -3.50. The lowest BCUT2D eigenvalue weighted by Gasteiger charge is -2.13. The van der Waals surface area contributed by atoms with Gasteiger partial charge in [0.05, 0.1) is 71.9 Å². The highest BCUT2D eigenvalue weighted by Gasteiger charge is 2.23. The summed E-state index contributed by atoms with van der Waals surface area (Å²) in [6, 6.07) is 16.3. The van der Waals surface area contributed by atoms with Crippen molar-refractivity contribution in [1.29, 1.82) is 0 Å². The number of pyridine rings is 3. The molecule has 0 aliphatic carbocycles. The van der Waals surface area contributed by atoms with Gasteiger partial charge in [0.25, 0.3) is 5.91 Å². The number of nitrogens with zero attached hydrogens (tertiary/aromatic N) is 3. The highest BCUT2D eigenvalue weighted by Crippen LogP contribution is 2.25. The van der Waals surface area contributed by atoms with Crippen molar-refractivity contribution in [3.05, 3.63) is 89.4 Å². The first kappa shape index (κ1) is 25.3. The van der Waals surface area contributed by atoms with Gasteiger partial charge in [-0.1, -0.05) is 18.2 Å². The summed E-state index contributed by atoms with van der Waals surface area (Å²) < 4.78 is 35.9. The van der Waals surface area contributed by atoms with Gasteiger partial charge in [-0.2, -0.15) is 0 Å². The van der Waals surface area contributed by atoms with E-state index < -0.39 is 9.84 Å². The molecule has 3 aromatic heterocycles. The van der Waals surface area contributed by atoms with Crippen molar-refractivity contribution in [1.82, 2.24) is 20.3 Å². The van der Waals surface area contributed by atoms with Crippen molar-refractivity contribution in [3.63, 3.8) is 0 Å². The number of nitrogens with one attached hydrogen (secondary N) is 1. The summed E-state index contributed by atoms with van der Waals surface area (Å²) in [5, 5.41) is 3.71. The number of aromatic nitrogens is 3. The maximum Gasteiger partial charge on any atom is 0.251 e. The molecule has 1 amide bonds. The monoisotopic (exact) mass is 542 g/mol. The Balaban J connectivity index is 1.21. The number of ether oxygens (including phenoxy) is 2. The summed E-state index contributed by atoms with van der Waals surface area (Å²) in [5.74, 6) is -0.488. The average molecular weight is 543 g/mol. The fourth-order valence-corrected chi connectivity index (χ4v) is 6.04. The van der Waals surface area contributed by atoms with E-state index in [2.05, 4.69) is 16.4 Å². The highest BCUT2D eigenvalue weighted by atomic mass is 32.2. The van der Waals surface area contributed by atoms with Crippen molar-refractivity contribution < 1.29 is 22.7 Å². The molecule has 1 aromatic carbocycles. The van der Waals surface area contributed by atoms with Crippen molar-refractivity contribution in [2.75, 3.05) is 25.6 Å². The van der Waals surface area contributed by atoms with Crippen molar-refractivity contribution in [3.8, 4) is 11.4 Å². The minimum atomic E-state index is -3.50. The summed E-state index contributed by atoms with van der Waals surface area (Å²) in [6.07, 6.45) is 4.62. The Labute approximate surface area is 225 Å². The molecule has 1 N–H and O–H groups in total. The number of hydrogen-bond donors (Lipinski definition) is 1. The van der Waals surface area contributed by atoms with Gasteiger partial charge in [-0.3, -0.25) is 9.78 Å². The molecule has 39 heavy (non-hydrogen) atoms. The molecule has 0 fully saturated rings. The molecule has 0 unspecified atom stereocenters. The lowest BCUT2D eigenvalue weighted by molar-refractivity contribution is 0.0950. The lowest BCUT2D eigenvalue weighted by atomic mass is 10.1. The molecule has 0 radical (unpaired) electrons. The summed E-state index contributed by atoms with van der Waals surface area (Å²) in [6.45, 7) is 1.80. The minimum Gasteiger partial charge on any atom is -0.377 e. The first-order valence-corrected chi connectivity index (χ1v) is 14.3. The Morgan fingerprint density at radius 1 is 0.949 bits per heavy atom. The van der Waals surface area contributed by atoms with Crippen LogP contribution in [0.1, 0.15) is 33.7 Å². The van der Waals surface area contributed by atoms with E-state index in [0.29, 0.717) is 24.5 Å². The molecule has 198 valence electrons. The Kier molecular flexibility index (Phi) is 6.90.